The number of nitrogens with one attached hydrogen (secondary N) is 1. The Hall–Kier alpha value is -3.54. The van der Waals surface area contributed by atoms with E-state index in [9.17, 15) is 9.18 Å². The number of halogens is 1. The van der Waals surface area contributed by atoms with Crippen LogP contribution in [0.5, 0.6) is 0 Å². The van der Waals surface area contributed by atoms with E-state index < -0.39 is 0 Å². The molecular weight excluding hydrogens is 391 g/mol. The van der Waals surface area contributed by atoms with Gasteiger partial charge in [-0.05, 0) is 56.5 Å². The van der Waals surface area contributed by atoms with Crippen molar-refractivity contribution in [1.82, 2.24) is 14.8 Å². The molecule has 1 aliphatic rings. The molecule has 0 atom stereocenters. The van der Waals surface area contributed by atoms with Gasteiger partial charge in [0.15, 0.2) is 0 Å². The number of pyridine rings is 1. The maximum absolute atomic E-state index is 13.3. The summed E-state index contributed by atoms with van der Waals surface area (Å²) in [5, 5.41) is 8.51. The number of hydrogen-bond acceptors (Lipinski definition) is 3. The minimum atomic E-state index is -0.264. The van der Waals surface area contributed by atoms with Crippen LogP contribution in [0.3, 0.4) is 0 Å². The van der Waals surface area contributed by atoms with E-state index in [4.69, 9.17) is 4.98 Å². The zero-order valence-corrected chi connectivity index (χ0v) is 17.5. The number of nitrogens with zero attached hydrogens (tertiary/aromatic N) is 3. The van der Waals surface area contributed by atoms with E-state index >= 15 is 0 Å². The Morgan fingerprint density at radius 1 is 1.13 bits per heavy atom. The summed E-state index contributed by atoms with van der Waals surface area (Å²) in [6, 6.07) is 16.1. The Morgan fingerprint density at radius 3 is 2.61 bits per heavy atom. The van der Waals surface area contributed by atoms with Crippen LogP contribution in [0.25, 0.3) is 10.9 Å². The Morgan fingerprint density at radius 2 is 1.87 bits per heavy atom. The molecule has 1 saturated carbocycles. The van der Waals surface area contributed by atoms with Crippen molar-refractivity contribution in [1.29, 1.82) is 0 Å². The van der Waals surface area contributed by atoms with Crippen LogP contribution in [0.1, 0.15) is 51.8 Å². The molecule has 4 aromatic rings. The number of hydrogen-bond donors (Lipinski definition) is 1. The molecule has 1 amide bonds. The summed E-state index contributed by atoms with van der Waals surface area (Å²) in [6.45, 7) is 4.32. The molecule has 1 aliphatic carbocycles. The molecular formula is C25H23FN4O. The van der Waals surface area contributed by atoms with Gasteiger partial charge in [0.25, 0.3) is 5.91 Å². The third-order valence-corrected chi connectivity index (χ3v) is 5.84. The molecule has 6 heteroatoms. The Bertz CT molecular complexity index is 1290. The van der Waals surface area contributed by atoms with Gasteiger partial charge in [0.2, 0.25) is 0 Å². The number of carbonyl (C=O) groups excluding carboxylic acids is 1. The normalized spacial score (nSPS) is 13.5. The van der Waals surface area contributed by atoms with Crippen molar-refractivity contribution in [3.8, 4) is 0 Å². The lowest BCUT2D eigenvalue weighted by atomic mass is 10.1. The van der Waals surface area contributed by atoms with Crippen molar-refractivity contribution in [3.63, 3.8) is 0 Å². The van der Waals surface area contributed by atoms with Crippen molar-refractivity contribution >= 4 is 22.5 Å². The molecule has 0 radical (unpaired) electrons. The number of amides is 1. The van der Waals surface area contributed by atoms with Crippen molar-refractivity contribution in [3.05, 3.63) is 88.6 Å². The van der Waals surface area contributed by atoms with E-state index in [1.807, 2.05) is 48.9 Å². The number of carbonyl (C=O) groups is 1. The maximum atomic E-state index is 13.3. The van der Waals surface area contributed by atoms with Gasteiger partial charge >= 0.3 is 0 Å². The molecule has 2 heterocycles. The van der Waals surface area contributed by atoms with Gasteiger partial charge < -0.3 is 5.32 Å². The van der Waals surface area contributed by atoms with Gasteiger partial charge in [-0.25, -0.2) is 4.39 Å². The summed E-state index contributed by atoms with van der Waals surface area (Å²) >= 11 is 0. The van der Waals surface area contributed by atoms with Crippen LogP contribution in [0.15, 0.2) is 54.6 Å². The monoisotopic (exact) mass is 414 g/mol. The van der Waals surface area contributed by atoms with E-state index in [-0.39, 0.29) is 11.7 Å². The van der Waals surface area contributed by atoms with E-state index in [2.05, 4.69) is 10.4 Å². The van der Waals surface area contributed by atoms with Crippen molar-refractivity contribution in [2.75, 3.05) is 5.32 Å². The highest BCUT2D eigenvalue weighted by atomic mass is 19.1. The second kappa shape index (κ2) is 7.61. The third-order valence-electron chi connectivity index (χ3n) is 5.84. The smallest absolute Gasteiger partial charge is 0.256 e. The molecule has 31 heavy (non-hydrogen) atoms. The van der Waals surface area contributed by atoms with Crippen molar-refractivity contribution < 1.29 is 9.18 Å². The van der Waals surface area contributed by atoms with Crippen LogP contribution in [0.4, 0.5) is 10.1 Å². The minimum absolute atomic E-state index is 0.159. The number of benzene rings is 2. The largest absolute Gasteiger partial charge is 0.319 e. The number of aryl methyl sites for hydroxylation is 1. The quantitative estimate of drug-likeness (QED) is 0.478. The first kappa shape index (κ1) is 19.4. The predicted molar refractivity (Wildman–Crippen MR) is 119 cm³/mol. The number of fused-ring (bicyclic) bond motifs is 1. The van der Waals surface area contributed by atoms with E-state index in [1.54, 1.807) is 12.1 Å². The minimum Gasteiger partial charge on any atom is -0.319 e. The maximum Gasteiger partial charge on any atom is 0.256 e. The Balaban J connectivity index is 1.46. The number of para-hydroxylation sites is 1. The first-order chi connectivity index (χ1) is 15.0. The summed E-state index contributed by atoms with van der Waals surface area (Å²) in [6.07, 6.45) is 2.25. The second-order valence-corrected chi connectivity index (χ2v) is 8.17. The summed E-state index contributed by atoms with van der Waals surface area (Å²) in [5.41, 5.74) is 5.73. The van der Waals surface area contributed by atoms with Gasteiger partial charge in [-0.3, -0.25) is 14.5 Å². The zero-order valence-electron chi connectivity index (χ0n) is 17.5. The van der Waals surface area contributed by atoms with Crippen molar-refractivity contribution in [2.24, 2.45) is 0 Å². The van der Waals surface area contributed by atoms with Crippen LogP contribution in [0.2, 0.25) is 0 Å². The Kier molecular flexibility index (Phi) is 4.77. The topological polar surface area (TPSA) is 59.8 Å². The molecule has 1 N–H and O–H groups in total. The lowest BCUT2D eigenvalue weighted by Gasteiger charge is -2.11. The fourth-order valence-electron chi connectivity index (χ4n) is 3.95. The fraction of sp³-hybridized carbons (Fsp3) is 0.240. The van der Waals surface area contributed by atoms with Crippen LogP contribution in [-0.4, -0.2) is 20.7 Å². The van der Waals surface area contributed by atoms with E-state index in [0.29, 0.717) is 23.7 Å². The first-order valence-corrected chi connectivity index (χ1v) is 10.5. The molecule has 156 valence electrons. The summed E-state index contributed by atoms with van der Waals surface area (Å²) < 4.78 is 15.0. The van der Waals surface area contributed by atoms with Gasteiger partial charge in [0, 0.05) is 17.0 Å². The molecule has 2 aromatic heterocycles. The molecule has 0 unspecified atom stereocenters. The number of aromatic nitrogens is 3. The van der Waals surface area contributed by atoms with Gasteiger partial charge in [-0.2, -0.15) is 5.10 Å². The highest BCUT2D eigenvalue weighted by Crippen LogP contribution is 2.40. The number of rotatable bonds is 5. The summed E-state index contributed by atoms with van der Waals surface area (Å²) in [4.78, 5) is 18.1. The average molecular weight is 414 g/mol. The fourth-order valence-corrected chi connectivity index (χ4v) is 3.95. The second-order valence-electron chi connectivity index (χ2n) is 8.17. The molecule has 0 aliphatic heterocycles. The van der Waals surface area contributed by atoms with Gasteiger partial charge in [-0.15, -0.1) is 0 Å². The number of anilines is 1. The van der Waals surface area contributed by atoms with Crippen LogP contribution < -0.4 is 5.32 Å². The van der Waals surface area contributed by atoms with Crippen molar-refractivity contribution in [2.45, 2.75) is 39.2 Å². The molecule has 5 nitrogen and oxygen atoms in total. The first-order valence-electron chi connectivity index (χ1n) is 10.5. The average Bonchev–Trinajstić information content (AvgIpc) is 3.59. The van der Waals surface area contributed by atoms with Crippen LogP contribution in [-0.2, 0) is 6.54 Å². The van der Waals surface area contributed by atoms with E-state index in [1.165, 1.54) is 12.1 Å². The van der Waals surface area contributed by atoms with Gasteiger partial charge in [-0.1, -0.05) is 30.3 Å². The molecule has 0 spiro atoms. The van der Waals surface area contributed by atoms with E-state index in [0.717, 1.165) is 46.4 Å². The molecule has 0 bridgehead atoms. The standard InChI is InChI=1S/C25H23FN4O/c1-15-24(16(2)30(29-15)14-17-7-11-19(26)12-8-17)28-25(31)21-13-23(18-9-10-18)27-22-6-4-3-5-20(21)22/h3-8,11-13,18H,9-10,14H2,1-2H3,(H,28,31). The Labute approximate surface area is 179 Å². The third kappa shape index (κ3) is 3.81. The zero-order chi connectivity index (χ0) is 21.5. The highest BCUT2D eigenvalue weighted by Gasteiger charge is 2.27. The molecule has 0 saturated heterocycles. The highest BCUT2D eigenvalue weighted by molar-refractivity contribution is 6.12. The van der Waals surface area contributed by atoms with Gasteiger partial charge in [0.1, 0.15) is 5.82 Å². The SMILES string of the molecule is Cc1nn(Cc2ccc(F)cc2)c(C)c1NC(=O)c1cc(C2CC2)nc2ccccc12. The lowest BCUT2D eigenvalue weighted by Crippen LogP contribution is -2.15. The predicted octanol–water partition coefficient (Wildman–Crippen LogP) is 5.37. The van der Waals surface area contributed by atoms with Crippen LogP contribution >= 0.6 is 0 Å². The molecule has 2 aromatic carbocycles. The van der Waals surface area contributed by atoms with Gasteiger partial charge in [0.05, 0.1) is 34.7 Å². The van der Waals surface area contributed by atoms with Crippen LogP contribution in [0, 0.1) is 19.7 Å². The molecule has 5 rings (SSSR count). The molecule has 1 fully saturated rings. The summed E-state index contributed by atoms with van der Waals surface area (Å²) in [5.74, 6) is 0.0336. The summed E-state index contributed by atoms with van der Waals surface area (Å²) in [7, 11) is 0. The lowest BCUT2D eigenvalue weighted by molar-refractivity contribution is 0.102.